The van der Waals surface area contributed by atoms with Gasteiger partial charge in [-0.25, -0.2) is 0 Å². The lowest BCUT2D eigenvalue weighted by molar-refractivity contribution is 0.294. The summed E-state index contributed by atoms with van der Waals surface area (Å²) in [4.78, 5) is 6.46. The summed E-state index contributed by atoms with van der Waals surface area (Å²) in [6.45, 7) is 3.41. The molecule has 0 unspecified atom stereocenters. The molecule has 69 valence electrons. The van der Waals surface area contributed by atoms with Gasteiger partial charge in [0.05, 0.1) is 6.20 Å². The van der Waals surface area contributed by atoms with Gasteiger partial charge in [-0.2, -0.15) is 11.8 Å². The van der Waals surface area contributed by atoms with Crippen molar-refractivity contribution in [3.05, 3.63) is 30.1 Å². The van der Waals surface area contributed by atoms with Crippen LogP contribution >= 0.6 is 11.8 Å². The van der Waals surface area contributed by atoms with Gasteiger partial charge in [0, 0.05) is 37.3 Å². The van der Waals surface area contributed by atoms with Crippen molar-refractivity contribution in [3.63, 3.8) is 0 Å². The fourth-order valence-electron chi connectivity index (χ4n) is 1.45. The van der Waals surface area contributed by atoms with Crippen molar-refractivity contribution in [1.82, 2.24) is 9.88 Å². The van der Waals surface area contributed by atoms with Crippen molar-refractivity contribution in [1.29, 1.82) is 0 Å². The van der Waals surface area contributed by atoms with E-state index >= 15 is 0 Å². The average molecular weight is 193 g/mol. The predicted molar refractivity (Wildman–Crippen MR) is 55.7 cm³/mol. The largest absolute Gasteiger partial charge is 0.297 e. The summed E-state index contributed by atoms with van der Waals surface area (Å²) in [7, 11) is 0. The lowest BCUT2D eigenvalue weighted by atomic mass is 10.2. The Bertz CT molecular complexity index is 244. The average Bonchev–Trinajstić information content (AvgIpc) is 2.21. The van der Waals surface area contributed by atoms with Crippen LogP contribution in [0.1, 0.15) is 5.56 Å². The number of aromatic nitrogens is 1. The first-order valence-electron chi connectivity index (χ1n) is 4.57. The topological polar surface area (TPSA) is 16.1 Å². The highest BCUT2D eigenvalue weighted by molar-refractivity contribution is 7.99. The molecule has 1 fully saturated rings. The molecule has 0 amide bonds. The summed E-state index contributed by atoms with van der Waals surface area (Å²) in [6, 6.07) is 4.07. The van der Waals surface area contributed by atoms with Crippen LogP contribution in [0.2, 0.25) is 0 Å². The van der Waals surface area contributed by atoms with Crippen LogP contribution in [-0.4, -0.2) is 34.5 Å². The number of hydrogen-bond donors (Lipinski definition) is 0. The van der Waals surface area contributed by atoms with E-state index in [2.05, 4.69) is 22.1 Å². The summed E-state index contributed by atoms with van der Waals surface area (Å²) in [6.07, 6.45) is 4.79. The van der Waals surface area contributed by atoms with E-state index in [1.54, 1.807) is 6.20 Å². The Morgan fingerprint density at radius 1 is 1.46 bits per heavy atom. The lowest BCUT2D eigenvalue weighted by Gasteiger charge is -2.25. The molecule has 0 aromatic carbocycles. The highest BCUT2D eigenvalue weighted by Crippen LogP contribution is 2.11. The van der Waals surface area contributed by atoms with Gasteiger partial charge in [0.1, 0.15) is 0 Å². The zero-order chi connectivity index (χ0) is 8.93. The van der Waals surface area contributed by atoms with Crippen LogP contribution in [0.25, 0.3) is 0 Å². The van der Waals surface area contributed by atoms with Gasteiger partial charge in [-0.05, 0) is 11.6 Å². The van der Waals surface area contributed by atoms with E-state index in [4.69, 9.17) is 0 Å². The van der Waals surface area contributed by atoms with Gasteiger partial charge in [-0.1, -0.05) is 6.07 Å². The molecular weight excluding hydrogens is 180 g/mol. The summed E-state index contributed by atoms with van der Waals surface area (Å²) in [5.74, 6) is 2.53. The van der Waals surface area contributed by atoms with E-state index in [9.17, 15) is 0 Å². The van der Waals surface area contributed by atoms with E-state index in [0.29, 0.717) is 0 Å². The molecule has 0 saturated carbocycles. The predicted octanol–water partition coefficient (Wildman–Crippen LogP) is 1.43. The minimum atomic E-state index is 1.01. The molecule has 0 N–H and O–H groups in total. The third-order valence-electron chi connectivity index (χ3n) is 2.16. The van der Waals surface area contributed by atoms with Gasteiger partial charge in [0.15, 0.2) is 0 Å². The second-order valence-corrected chi connectivity index (χ2v) is 4.39. The van der Waals surface area contributed by atoms with Crippen LogP contribution in [0.3, 0.4) is 0 Å². The molecule has 1 saturated heterocycles. The second kappa shape index (κ2) is 4.63. The van der Waals surface area contributed by atoms with Crippen LogP contribution in [-0.2, 0) is 6.54 Å². The van der Waals surface area contributed by atoms with Crippen LogP contribution < -0.4 is 0 Å². The molecule has 2 nitrogen and oxygen atoms in total. The number of nitrogens with zero attached hydrogens (tertiary/aromatic N) is 2. The molecular formula is C10H13N2S. The van der Waals surface area contributed by atoms with E-state index < -0.39 is 0 Å². The minimum Gasteiger partial charge on any atom is -0.297 e. The van der Waals surface area contributed by atoms with Crippen LogP contribution in [0.4, 0.5) is 0 Å². The third-order valence-corrected chi connectivity index (χ3v) is 3.11. The zero-order valence-corrected chi connectivity index (χ0v) is 8.39. The van der Waals surface area contributed by atoms with Gasteiger partial charge >= 0.3 is 0 Å². The molecule has 2 rings (SSSR count). The highest BCUT2D eigenvalue weighted by Gasteiger charge is 2.10. The fourth-order valence-corrected chi connectivity index (χ4v) is 2.43. The summed E-state index contributed by atoms with van der Waals surface area (Å²) >= 11 is 2.04. The molecule has 0 bridgehead atoms. The maximum Gasteiger partial charge on any atom is 0.0934 e. The first kappa shape index (κ1) is 9.03. The van der Waals surface area contributed by atoms with Crippen LogP contribution in [0.15, 0.2) is 18.3 Å². The maximum atomic E-state index is 3.99. The third kappa shape index (κ3) is 2.71. The molecule has 13 heavy (non-hydrogen) atoms. The molecule has 2 heterocycles. The molecule has 0 spiro atoms. The van der Waals surface area contributed by atoms with E-state index in [0.717, 1.165) is 6.54 Å². The zero-order valence-electron chi connectivity index (χ0n) is 7.57. The Morgan fingerprint density at radius 3 is 3.00 bits per heavy atom. The molecule has 1 aliphatic rings. The number of thioether (sulfide) groups is 1. The highest BCUT2D eigenvalue weighted by atomic mass is 32.2. The Labute approximate surface area is 83.4 Å². The standard InChI is InChI=1S/C10H13N2S/c1-2-10(8-11-3-1)9-12-4-6-13-7-5-12/h1-3H,4-7,9H2. The van der Waals surface area contributed by atoms with Crippen molar-refractivity contribution in [2.24, 2.45) is 0 Å². The van der Waals surface area contributed by atoms with Crippen molar-refractivity contribution < 1.29 is 0 Å². The smallest absolute Gasteiger partial charge is 0.0934 e. The van der Waals surface area contributed by atoms with Crippen molar-refractivity contribution in [3.8, 4) is 0 Å². The van der Waals surface area contributed by atoms with E-state index in [-0.39, 0.29) is 0 Å². The van der Waals surface area contributed by atoms with E-state index in [1.807, 2.05) is 17.8 Å². The quantitative estimate of drug-likeness (QED) is 0.707. The normalized spacial score (nSPS) is 18.8. The Morgan fingerprint density at radius 2 is 2.31 bits per heavy atom. The molecule has 1 aromatic heterocycles. The Balaban J connectivity index is 1.90. The molecule has 3 heteroatoms. The maximum absolute atomic E-state index is 3.99. The molecule has 0 atom stereocenters. The van der Waals surface area contributed by atoms with Crippen LogP contribution in [0, 0.1) is 6.20 Å². The van der Waals surface area contributed by atoms with Crippen molar-refractivity contribution in [2.75, 3.05) is 24.6 Å². The summed E-state index contributed by atoms with van der Waals surface area (Å²) in [5.41, 5.74) is 1.20. The Hall–Kier alpha value is -0.540. The minimum absolute atomic E-state index is 1.01. The number of rotatable bonds is 2. The van der Waals surface area contributed by atoms with Crippen molar-refractivity contribution >= 4 is 11.8 Å². The molecule has 1 radical (unpaired) electrons. The van der Waals surface area contributed by atoms with Crippen LogP contribution in [0.5, 0.6) is 0 Å². The van der Waals surface area contributed by atoms with Gasteiger partial charge < -0.3 is 0 Å². The summed E-state index contributed by atoms with van der Waals surface area (Å²) < 4.78 is 0. The lowest BCUT2D eigenvalue weighted by Crippen LogP contribution is -2.31. The second-order valence-electron chi connectivity index (χ2n) is 3.16. The SMILES string of the molecule is [c]1ncccc1CN1CCSCC1. The molecule has 1 aromatic rings. The van der Waals surface area contributed by atoms with Gasteiger partial charge in [-0.3, -0.25) is 9.88 Å². The number of hydrogen-bond acceptors (Lipinski definition) is 3. The first-order valence-corrected chi connectivity index (χ1v) is 5.72. The molecule has 0 aliphatic carbocycles. The summed E-state index contributed by atoms with van der Waals surface area (Å²) in [5, 5.41) is 0. The first-order chi connectivity index (χ1) is 6.45. The van der Waals surface area contributed by atoms with Gasteiger partial charge in [0.2, 0.25) is 0 Å². The molecule has 1 aliphatic heterocycles. The van der Waals surface area contributed by atoms with Gasteiger partial charge in [-0.15, -0.1) is 0 Å². The van der Waals surface area contributed by atoms with E-state index in [1.165, 1.54) is 30.2 Å². The fraction of sp³-hybridized carbons (Fsp3) is 0.500. The monoisotopic (exact) mass is 193 g/mol. The van der Waals surface area contributed by atoms with Crippen molar-refractivity contribution in [2.45, 2.75) is 6.54 Å². The van der Waals surface area contributed by atoms with Gasteiger partial charge in [0.25, 0.3) is 0 Å². The Kier molecular flexibility index (Phi) is 3.22. The number of pyridine rings is 1.